The van der Waals surface area contributed by atoms with Crippen molar-refractivity contribution in [2.45, 2.75) is 19.8 Å². The average molecular weight is 345 g/mol. The SMILES string of the molecule is CCCCOC(=O)c1ccc(NC(=O)c2cc(=O)c(OC)co2)cc1. The summed E-state index contributed by atoms with van der Waals surface area (Å²) in [6.45, 7) is 2.39. The molecule has 0 saturated heterocycles. The predicted octanol–water partition coefficient (Wildman–Crippen LogP) is 2.86. The molecule has 1 heterocycles. The average Bonchev–Trinajstić information content (AvgIpc) is 2.62. The van der Waals surface area contributed by atoms with Crippen molar-refractivity contribution in [3.05, 3.63) is 58.1 Å². The van der Waals surface area contributed by atoms with Crippen LogP contribution >= 0.6 is 0 Å². The van der Waals surface area contributed by atoms with Crippen LogP contribution in [0, 0.1) is 0 Å². The molecule has 1 aromatic carbocycles. The van der Waals surface area contributed by atoms with Gasteiger partial charge in [-0.15, -0.1) is 0 Å². The number of ether oxygens (including phenoxy) is 2. The molecule has 0 atom stereocenters. The minimum atomic E-state index is -0.585. The zero-order valence-electron chi connectivity index (χ0n) is 14.0. The zero-order valence-corrected chi connectivity index (χ0v) is 14.0. The molecule has 0 aliphatic heterocycles. The van der Waals surface area contributed by atoms with Gasteiger partial charge in [0.15, 0.2) is 5.76 Å². The first kappa shape index (κ1) is 18.3. The Morgan fingerprint density at radius 1 is 1.20 bits per heavy atom. The number of unbranched alkanes of at least 4 members (excludes halogenated alkanes) is 1. The first-order valence-electron chi connectivity index (χ1n) is 7.80. The Kier molecular flexibility index (Phi) is 6.33. The van der Waals surface area contributed by atoms with Crippen LogP contribution in [0.2, 0.25) is 0 Å². The molecule has 2 aromatic rings. The Hall–Kier alpha value is -3.09. The van der Waals surface area contributed by atoms with Crippen molar-refractivity contribution in [3.8, 4) is 5.75 Å². The molecule has 0 unspecified atom stereocenters. The number of hydrogen-bond donors (Lipinski definition) is 1. The van der Waals surface area contributed by atoms with Crippen molar-refractivity contribution in [1.82, 2.24) is 0 Å². The minimum Gasteiger partial charge on any atom is -0.490 e. The number of hydrogen-bond acceptors (Lipinski definition) is 6. The van der Waals surface area contributed by atoms with Gasteiger partial charge in [-0.05, 0) is 30.7 Å². The van der Waals surface area contributed by atoms with E-state index in [-0.39, 0.29) is 11.5 Å². The van der Waals surface area contributed by atoms with Gasteiger partial charge in [0, 0.05) is 11.8 Å². The van der Waals surface area contributed by atoms with Gasteiger partial charge in [-0.1, -0.05) is 13.3 Å². The molecule has 0 radical (unpaired) electrons. The molecule has 1 aromatic heterocycles. The maximum Gasteiger partial charge on any atom is 0.338 e. The lowest BCUT2D eigenvalue weighted by molar-refractivity contribution is 0.0499. The third kappa shape index (κ3) is 4.94. The molecule has 0 bridgehead atoms. The topological polar surface area (TPSA) is 94.8 Å². The molecular weight excluding hydrogens is 326 g/mol. The van der Waals surface area contributed by atoms with E-state index in [2.05, 4.69) is 5.32 Å². The Morgan fingerprint density at radius 3 is 2.52 bits per heavy atom. The van der Waals surface area contributed by atoms with E-state index in [9.17, 15) is 14.4 Å². The molecule has 0 saturated carbocycles. The van der Waals surface area contributed by atoms with E-state index in [0.29, 0.717) is 17.9 Å². The highest BCUT2D eigenvalue weighted by molar-refractivity contribution is 6.02. The highest BCUT2D eigenvalue weighted by Crippen LogP contribution is 2.13. The molecule has 1 amide bonds. The molecule has 0 aliphatic carbocycles. The summed E-state index contributed by atoms with van der Waals surface area (Å²) in [6, 6.07) is 7.28. The Balaban J connectivity index is 2.01. The van der Waals surface area contributed by atoms with E-state index >= 15 is 0 Å². The standard InChI is InChI=1S/C18H19NO6/c1-3-4-9-24-18(22)12-5-7-13(8-6-12)19-17(21)15-10-14(20)16(23-2)11-25-15/h5-8,10-11H,3-4,9H2,1-2H3,(H,19,21). The van der Waals surface area contributed by atoms with Crippen molar-refractivity contribution in [2.24, 2.45) is 0 Å². The normalized spacial score (nSPS) is 10.2. The van der Waals surface area contributed by atoms with E-state index in [1.165, 1.54) is 7.11 Å². The van der Waals surface area contributed by atoms with Crippen molar-refractivity contribution in [2.75, 3.05) is 19.0 Å². The second kappa shape index (κ2) is 8.68. The third-order valence-corrected chi connectivity index (χ3v) is 3.35. The number of esters is 1. The molecular formula is C18H19NO6. The largest absolute Gasteiger partial charge is 0.490 e. The third-order valence-electron chi connectivity index (χ3n) is 3.35. The fraction of sp³-hybridized carbons (Fsp3) is 0.278. The summed E-state index contributed by atoms with van der Waals surface area (Å²) in [4.78, 5) is 35.5. The van der Waals surface area contributed by atoms with E-state index in [1.807, 2.05) is 6.92 Å². The lowest BCUT2D eigenvalue weighted by Crippen LogP contribution is -2.15. The van der Waals surface area contributed by atoms with Crippen LogP contribution in [0.1, 0.15) is 40.7 Å². The van der Waals surface area contributed by atoms with Gasteiger partial charge in [0.1, 0.15) is 6.26 Å². The van der Waals surface area contributed by atoms with E-state index in [1.54, 1.807) is 24.3 Å². The minimum absolute atomic E-state index is 0.0162. The van der Waals surface area contributed by atoms with Gasteiger partial charge in [0.25, 0.3) is 5.91 Å². The fourth-order valence-corrected chi connectivity index (χ4v) is 1.94. The summed E-state index contributed by atoms with van der Waals surface area (Å²) in [5.41, 5.74) is 0.391. The molecule has 1 N–H and O–H groups in total. The summed E-state index contributed by atoms with van der Waals surface area (Å²) < 4.78 is 15.0. The maximum atomic E-state index is 12.1. The molecule has 25 heavy (non-hydrogen) atoms. The van der Waals surface area contributed by atoms with Crippen molar-refractivity contribution in [1.29, 1.82) is 0 Å². The van der Waals surface area contributed by atoms with Gasteiger partial charge in [-0.2, -0.15) is 0 Å². The summed E-state index contributed by atoms with van der Waals surface area (Å²) in [5, 5.41) is 2.58. The van der Waals surface area contributed by atoms with Crippen molar-refractivity contribution < 1.29 is 23.5 Å². The number of carbonyl (C=O) groups is 2. The summed E-state index contributed by atoms with van der Waals surface area (Å²) in [6.07, 6.45) is 2.83. The summed E-state index contributed by atoms with van der Waals surface area (Å²) in [5.74, 6) is -1.12. The van der Waals surface area contributed by atoms with Crippen LogP contribution in [0.3, 0.4) is 0 Å². The molecule has 0 aliphatic rings. The smallest absolute Gasteiger partial charge is 0.338 e. The number of amides is 1. The van der Waals surface area contributed by atoms with E-state index < -0.39 is 17.3 Å². The van der Waals surface area contributed by atoms with Crippen LogP contribution < -0.4 is 15.5 Å². The van der Waals surface area contributed by atoms with Crippen LogP contribution in [0.5, 0.6) is 5.75 Å². The summed E-state index contributed by atoms with van der Waals surface area (Å²) >= 11 is 0. The van der Waals surface area contributed by atoms with Crippen LogP contribution in [0.4, 0.5) is 5.69 Å². The molecule has 2 rings (SSSR count). The number of benzene rings is 1. The monoisotopic (exact) mass is 345 g/mol. The first-order valence-corrected chi connectivity index (χ1v) is 7.80. The molecule has 0 spiro atoms. The Bertz CT molecular complexity index is 794. The lowest BCUT2D eigenvalue weighted by Gasteiger charge is -2.07. The second-order valence-electron chi connectivity index (χ2n) is 5.20. The molecule has 7 nitrogen and oxygen atoms in total. The Labute approximate surface area is 144 Å². The number of rotatable bonds is 7. The number of carbonyl (C=O) groups excluding carboxylic acids is 2. The predicted molar refractivity (Wildman–Crippen MR) is 91.1 cm³/mol. The van der Waals surface area contributed by atoms with Gasteiger partial charge in [-0.3, -0.25) is 9.59 Å². The van der Waals surface area contributed by atoms with Crippen LogP contribution in [-0.2, 0) is 4.74 Å². The van der Waals surface area contributed by atoms with Gasteiger partial charge < -0.3 is 19.2 Å². The van der Waals surface area contributed by atoms with E-state index in [0.717, 1.165) is 25.2 Å². The highest BCUT2D eigenvalue weighted by Gasteiger charge is 2.13. The highest BCUT2D eigenvalue weighted by atomic mass is 16.5. The number of nitrogens with one attached hydrogen (secondary N) is 1. The lowest BCUT2D eigenvalue weighted by atomic mass is 10.2. The first-order chi connectivity index (χ1) is 12.0. The van der Waals surface area contributed by atoms with Gasteiger partial charge in [0.05, 0.1) is 19.3 Å². The quantitative estimate of drug-likeness (QED) is 0.612. The second-order valence-corrected chi connectivity index (χ2v) is 5.20. The van der Waals surface area contributed by atoms with Gasteiger partial charge >= 0.3 is 5.97 Å². The fourth-order valence-electron chi connectivity index (χ4n) is 1.94. The number of methoxy groups -OCH3 is 1. The Morgan fingerprint density at radius 2 is 1.92 bits per heavy atom. The van der Waals surface area contributed by atoms with Gasteiger partial charge in [0.2, 0.25) is 11.2 Å². The zero-order chi connectivity index (χ0) is 18.2. The van der Waals surface area contributed by atoms with Crippen LogP contribution in [0.15, 0.2) is 45.8 Å². The van der Waals surface area contributed by atoms with Gasteiger partial charge in [-0.25, -0.2) is 4.79 Å². The number of anilines is 1. The maximum absolute atomic E-state index is 12.1. The molecule has 0 fully saturated rings. The van der Waals surface area contributed by atoms with Crippen molar-refractivity contribution in [3.63, 3.8) is 0 Å². The van der Waals surface area contributed by atoms with Crippen LogP contribution in [-0.4, -0.2) is 25.6 Å². The van der Waals surface area contributed by atoms with Crippen molar-refractivity contribution >= 4 is 17.6 Å². The summed E-state index contributed by atoms with van der Waals surface area (Å²) in [7, 11) is 1.33. The molecule has 7 heteroatoms. The van der Waals surface area contributed by atoms with E-state index in [4.69, 9.17) is 13.9 Å². The molecule has 132 valence electrons. The van der Waals surface area contributed by atoms with Crippen LogP contribution in [0.25, 0.3) is 0 Å².